The first kappa shape index (κ1) is 15.6. The van der Waals surface area contributed by atoms with E-state index >= 15 is 0 Å². The average molecular weight is 308 g/mol. The van der Waals surface area contributed by atoms with Crippen molar-refractivity contribution in [2.24, 2.45) is 5.73 Å². The zero-order valence-electron chi connectivity index (χ0n) is 11.6. The molecule has 0 heterocycles. The Morgan fingerprint density at radius 2 is 1.71 bits per heavy atom. The van der Waals surface area contributed by atoms with Crippen molar-refractivity contribution in [2.75, 3.05) is 0 Å². The normalized spacial score (nSPS) is 11.6. The highest BCUT2D eigenvalue weighted by molar-refractivity contribution is 7.89. The van der Waals surface area contributed by atoms with E-state index in [1.54, 1.807) is 37.3 Å². The van der Waals surface area contributed by atoms with Crippen molar-refractivity contribution in [3.8, 4) is 0 Å². The lowest BCUT2D eigenvalue weighted by Crippen LogP contribution is -2.24. The molecule has 0 saturated heterocycles. The molecule has 112 valence electrons. The van der Waals surface area contributed by atoms with Crippen molar-refractivity contribution in [3.05, 3.63) is 65.0 Å². The SMILES string of the molecule is Cc1ccc(CN)cc1S(=O)(=O)NCc1ccc(F)cc1. The van der Waals surface area contributed by atoms with Gasteiger partial charge in [-0.3, -0.25) is 0 Å². The Morgan fingerprint density at radius 1 is 1.10 bits per heavy atom. The molecule has 21 heavy (non-hydrogen) atoms. The molecule has 0 radical (unpaired) electrons. The molecule has 0 atom stereocenters. The minimum absolute atomic E-state index is 0.106. The highest BCUT2D eigenvalue weighted by Crippen LogP contribution is 2.17. The third-order valence-electron chi connectivity index (χ3n) is 3.16. The molecule has 3 N–H and O–H groups in total. The molecule has 2 aromatic carbocycles. The summed E-state index contributed by atoms with van der Waals surface area (Å²) in [6.07, 6.45) is 0. The topological polar surface area (TPSA) is 72.2 Å². The van der Waals surface area contributed by atoms with Gasteiger partial charge >= 0.3 is 0 Å². The number of hydrogen-bond donors (Lipinski definition) is 2. The van der Waals surface area contributed by atoms with E-state index in [0.717, 1.165) is 5.56 Å². The molecule has 2 rings (SSSR count). The third-order valence-corrected chi connectivity index (χ3v) is 4.70. The summed E-state index contributed by atoms with van der Waals surface area (Å²) in [5.74, 6) is -0.354. The fourth-order valence-electron chi connectivity index (χ4n) is 1.92. The van der Waals surface area contributed by atoms with Crippen LogP contribution in [-0.4, -0.2) is 8.42 Å². The van der Waals surface area contributed by atoms with Gasteiger partial charge in [-0.1, -0.05) is 24.3 Å². The molecule has 0 aromatic heterocycles. The predicted molar refractivity (Wildman–Crippen MR) is 79.5 cm³/mol. The van der Waals surface area contributed by atoms with Crippen LogP contribution >= 0.6 is 0 Å². The summed E-state index contributed by atoms with van der Waals surface area (Å²) in [5.41, 5.74) is 7.63. The van der Waals surface area contributed by atoms with E-state index in [4.69, 9.17) is 5.73 Å². The maximum absolute atomic E-state index is 12.8. The van der Waals surface area contributed by atoms with Gasteiger partial charge in [0.05, 0.1) is 4.90 Å². The van der Waals surface area contributed by atoms with Crippen LogP contribution in [0.1, 0.15) is 16.7 Å². The average Bonchev–Trinajstić information content (AvgIpc) is 2.47. The number of benzene rings is 2. The Balaban J connectivity index is 2.20. The summed E-state index contributed by atoms with van der Waals surface area (Å²) in [6, 6.07) is 10.8. The standard InChI is InChI=1S/C15H17FN2O2S/c1-11-2-3-13(9-17)8-15(11)21(19,20)18-10-12-4-6-14(16)7-5-12/h2-8,18H,9-10,17H2,1H3. The third kappa shape index (κ3) is 3.87. The van der Waals surface area contributed by atoms with E-state index in [1.807, 2.05) is 0 Å². The molecule has 0 bridgehead atoms. The Labute approximate surface area is 123 Å². The number of nitrogens with two attached hydrogens (primary N) is 1. The highest BCUT2D eigenvalue weighted by Gasteiger charge is 2.16. The first-order valence-corrected chi connectivity index (χ1v) is 7.94. The molecule has 0 saturated carbocycles. The fraction of sp³-hybridized carbons (Fsp3) is 0.200. The van der Waals surface area contributed by atoms with E-state index in [0.29, 0.717) is 11.1 Å². The van der Waals surface area contributed by atoms with Crippen LogP contribution in [0, 0.1) is 12.7 Å². The number of halogens is 1. The van der Waals surface area contributed by atoms with Gasteiger partial charge in [-0.2, -0.15) is 0 Å². The lowest BCUT2D eigenvalue weighted by molar-refractivity contribution is 0.580. The smallest absolute Gasteiger partial charge is 0.241 e. The highest BCUT2D eigenvalue weighted by atomic mass is 32.2. The summed E-state index contributed by atoms with van der Waals surface area (Å²) < 4.78 is 40.0. The van der Waals surface area contributed by atoms with Gasteiger partial charge in [-0.25, -0.2) is 17.5 Å². The van der Waals surface area contributed by atoms with Crippen molar-refractivity contribution >= 4 is 10.0 Å². The molecule has 0 unspecified atom stereocenters. The minimum Gasteiger partial charge on any atom is -0.326 e. The zero-order valence-corrected chi connectivity index (χ0v) is 12.5. The van der Waals surface area contributed by atoms with Crippen LogP contribution < -0.4 is 10.5 Å². The molecule has 0 amide bonds. The number of hydrogen-bond acceptors (Lipinski definition) is 3. The summed E-state index contributed by atoms with van der Waals surface area (Å²) in [4.78, 5) is 0.215. The number of rotatable bonds is 5. The molecule has 6 heteroatoms. The van der Waals surface area contributed by atoms with E-state index in [9.17, 15) is 12.8 Å². The molecule has 0 aliphatic carbocycles. The Kier molecular flexibility index (Phi) is 4.72. The van der Waals surface area contributed by atoms with Crippen LogP contribution in [0.5, 0.6) is 0 Å². The van der Waals surface area contributed by atoms with Crippen LogP contribution in [0.25, 0.3) is 0 Å². The minimum atomic E-state index is -3.63. The van der Waals surface area contributed by atoms with Crippen molar-refractivity contribution in [2.45, 2.75) is 24.9 Å². The Hall–Kier alpha value is -1.76. The molecule has 0 spiro atoms. The van der Waals surface area contributed by atoms with Crippen LogP contribution in [0.4, 0.5) is 4.39 Å². The van der Waals surface area contributed by atoms with Gasteiger partial charge in [0.25, 0.3) is 0 Å². The molecule has 4 nitrogen and oxygen atoms in total. The summed E-state index contributed by atoms with van der Waals surface area (Å²) in [7, 11) is -3.63. The van der Waals surface area contributed by atoms with Gasteiger partial charge in [-0.15, -0.1) is 0 Å². The van der Waals surface area contributed by atoms with E-state index in [2.05, 4.69) is 4.72 Å². The largest absolute Gasteiger partial charge is 0.326 e. The quantitative estimate of drug-likeness (QED) is 0.888. The van der Waals surface area contributed by atoms with Gasteiger partial charge in [-0.05, 0) is 41.8 Å². The number of sulfonamides is 1. The van der Waals surface area contributed by atoms with Gasteiger partial charge < -0.3 is 5.73 Å². The second kappa shape index (κ2) is 6.34. The van der Waals surface area contributed by atoms with Gasteiger partial charge in [0.2, 0.25) is 10.0 Å². The summed E-state index contributed by atoms with van der Waals surface area (Å²) in [5, 5.41) is 0. The lowest BCUT2D eigenvalue weighted by atomic mass is 10.1. The van der Waals surface area contributed by atoms with Crippen LogP contribution in [0.2, 0.25) is 0 Å². The predicted octanol–water partition coefficient (Wildman–Crippen LogP) is 2.07. The first-order chi connectivity index (χ1) is 9.92. The van der Waals surface area contributed by atoms with Crippen molar-refractivity contribution in [1.29, 1.82) is 0 Å². The van der Waals surface area contributed by atoms with E-state index in [1.165, 1.54) is 12.1 Å². The number of aryl methyl sites for hydroxylation is 1. The van der Waals surface area contributed by atoms with Gasteiger partial charge in [0.1, 0.15) is 5.82 Å². The maximum Gasteiger partial charge on any atom is 0.241 e. The van der Waals surface area contributed by atoms with E-state index < -0.39 is 10.0 Å². The van der Waals surface area contributed by atoms with E-state index in [-0.39, 0.29) is 23.8 Å². The van der Waals surface area contributed by atoms with Crippen molar-refractivity contribution in [3.63, 3.8) is 0 Å². The second-order valence-electron chi connectivity index (χ2n) is 4.75. The number of nitrogens with one attached hydrogen (secondary N) is 1. The summed E-state index contributed by atoms with van der Waals surface area (Å²) >= 11 is 0. The molecule has 0 aliphatic heterocycles. The van der Waals surface area contributed by atoms with Crippen LogP contribution in [0.15, 0.2) is 47.4 Å². The van der Waals surface area contributed by atoms with Gasteiger partial charge in [0.15, 0.2) is 0 Å². The molecule has 0 aliphatic rings. The first-order valence-electron chi connectivity index (χ1n) is 6.46. The zero-order chi connectivity index (χ0) is 15.5. The fourth-order valence-corrected chi connectivity index (χ4v) is 3.23. The molecular formula is C15H17FN2O2S. The molecule has 0 fully saturated rings. The Morgan fingerprint density at radius 3 is 2.33 bits per heavy atom. The van der Waals surface area contributed by atoms with Gasteiger partial charge in [0, 0.05) is 13.1 Å². The van der Waals surface area contributed by atoms with Crippen molar-refractivity contribution in [1.82, 2.24) is 4.72 Å². The molecule has 2 aromatic rings. The maximum atomic E-state index is 12.8. The monoisotopic (exact) mass is 308 g/mol. The summed E-state index contributed by atoms with van der Waals surface area (Å²) in [6.45, 7) is 2.11. The second-order valence-corrected chi connectivity index (χ2v) is 6.49. The van der Waals surface area contributed by atoms with Crippen LogP contribution in [-0.2, 0) is 23.1 Å². The lowest BCUT2D eigenvalue weighted by Gasteiger charge is -2.11. The Bertz CT molecular complexity index is 728. The van der Waals surface area contributed by atoms with Crippen molar-refractivity contribution < 1.29 is 12.8 Å². The molecular weight excluding hydrogens is 291 g/mol. The van der Waals surface area contributed by atoms with Crippen LogP contribution in [0.3, 0.4) is 0 Å².